The highest BCUT2D eigenvalue weighted by Crippen LogP contribution is 2.20. The van der Waals surface area contributed by atoms with Crippen LogP contribution in [0.15, 0.2) is 6.20 Å². The zero-order valence-electron chi connectivity index (χ0n) is 8.52. The van der Waals surface area contributed by atoms with E-state index in [0.717, 1.165) is 5.56 Å². The molecule has 0 aliphatic carbocycles. The molecule has 0 saturated heterocycles. The maximum atomic E-state index is 11.7. The average Bonchev–Trinajstić information content (AvgIpc) is 2.52. The third kappa shape index (κ3) is 2.26. The van der Waals surface area contributed by atoms with E-state index >= 15 is 0 Å². The summed E-state index contributed by atoms with van der Waals surface area (Å²) in [6.45, 7) is 5.45. The highest BCUT2D eigenvalue weighted by molar-refractivity contribution is 6.20. The first-order valence-corrected chi connectivity index (χ1v) is 4.88. The quantitative estimate of drug-likeness (QED) is 0.757. The van der Waals surface area contributed by atoms with Gasteiger partial charge in [-0.05, 0) is 20.8 Å². The molecule has 0 aliphatic heterocycles. The Hall–Kier alpha value is -1.03. The Morgan fingerprint density at radius 3 is 2.79 bits per heavy atom. The number of carbonyl (C=O) groups excluding carboxylic acids is 1. The Bertz CT molecular complexity index is 333. The molecule has 1 aromatic heterocycles. The molecule has 0 unspecified atom stereocenters. The summed E-state index contributed by atoms with van der Waals surface area (Å²) >= 11 is 5.68. The van der Waals surface area contributed by atoms with E-state index in [9.17, 15) is 4.79 Å². The van der Waals surface area contributed by atoms with Gasteiger partial charge in [-0.2, -0.15) is 5.10 Å². The van der Waals surface area contributed by atoms with Crippen molar-refractivity contribution in [3.05, 3.63) is 11.8 Å². The van der Waals surface area contributed by atoms with E-state index in [1.54, 1.807) is 20.0 Å². The minimum absolute atomic E-state index is 0.111. The lowest BCUT2D eigenvalue weighted by Crippen LogP contribution is -2.32. The summed E-state index contributed by atoms with van der Waals surface area (Å²) in [7, 11) is 0. The number of hydrogen-bond acceptors (Lipinski definition) is 2. The molecule has 5 heteroatoms. The SMILES string of the molecule is Cc1cn[nH]c1NC(=O)C(C)(C)CCl. The lowest BCUT2D eigenvalue weighted by molar-refractivity contribution is -0.123. The van der Waals surface area contributed by atoms with Crippen molar-refractivity contribution in [1.82, 2.24) is 10.2 Å². The largest absolute Gasteiger partial charge is 0.310 e. The van der Waals surface area contributed by atoms with Crippen molar-refractivity contribution in [3.63, 3.8) is 0 Å². The lowest BCUT2D eigenvalue weighted by Gasteiger charge is -2.19. The summed E-state index contributed by atoms with van der Waals surface area (Å²) in [5.74, 6) is 0.805. The van der Waals surface area contributed by atoms with Crippen molar-refractivity contribution in [2.24, 2.45) is 5.41 Å². The summed E-state index contributed by atoms with van der Waals surface area (Å²) in [6.07, 6.45) is 1.66. The number of aromatic amines is 1. The van der Waals surface area contributed by atoms with Gasteiger partial charge < -0.3 is 5.32 Å². The summed E-state index contributed by atoms with van der Waals surface area (Å²) in [6, 6.07) is 0. The van der Waals surface area contributed by atoms with E-state index in [0.29, 0.717) is 5.82 Å². The van der Waals surface area contributed by atoms with E-state index in [1.807, 2.05) is 6.92 Å². The second kappa shape index (κ2) is 4.00. The average molecular weight is 216 g/mol. The molecule has 1 aromatic rings. The number of rotatable bonds is 3. The molecular weight excluding hydrogens is 202 g/mol. The fourth-order valence-corrected chi connectivity index (χ4v) is 0.938. The van der Waals surface area contributed by atoms with Gasteiger partial charge in [-0.15, -0.1) is 11.6 Å². The lowest BCUT2D eigenvalue weighted by atomic mass is 9.95. The second-order valence-corrected chi connectivity index (χ2v) is 4.17. The van der Waals surface area contributed by atoms with E-state index in [-0.39, 0.29) is 11.8 Å². The summed E-state index contributed by atoms with van der Waals surface area (Å²) in [5.41, 5.74) is 0.336. The number of nitrogens with zero attached hydrogens (tertiary/aromatic N) is 1. The minimum atomic E-state index is -0.570. The first-order valence-electron chi connectivity index (χ1n) is 4.35. The van der Waals surface area contributed by atoms with Crippen LogP contribution in [0.3, 0.4) is 0 Å². The van der Waals surface area contributed by atoms with Gasteiger partial charge in [0.15, 0.2) is 0 Å². The predicted molar refractivity (Wildman–Crippen MR) is 56.5 cm³/mol. The van der Waals surface area contributed by atoms with E-state index in [1.165, 1.54) is 0 Å². The number of hydrogen-bond donors (Lipinski definition) is 2. The third-order valence-corrected chi connectivity index (χ3v) is 2.68. The van der Waals surface area contributed by atoms with Gasteiger partial charge in [0, 0.05) is 11.4 Å². The normalized spacial score (nSPS) is 11.4. The van der Waals surface area contributed by atoms with Gasteiger partial charge in [-0.1, -0.05) is 0 Å². The van der Waals surface area contributed by atoms with Gasteiger partial charge in [0.1, 0.15) is 5.82 Å². The molecule has 4 nitrogen and oxygen atoms in total. The zero-order chi connectivity index (χ0) is 10.8. The third-order valence-electron chi connectivity index (χ3n) is 2.02. The topological polar surface area (TPSA) is 57.8 Å². The van der Waals surface area contributed by atoms with Crippen molar-refractivity contribution >= 4 is 23.3 Å². The van der Waals surface area contributed by atoms with Gasteiger partial charge in [-0.25, -0.2) is 0 Å². The molecular formula is C9H14ClN3O. The van der Waals surface area contributed by atoms with Crippen LogP contribution in [0.2, 0.25) is 0 Å². The first-order chi connectivity index (χ1) is 6.47. The number of aromatic nitrogens is 2. The highest BCUT2D eigenvalue weighted by atomic mass is 35.5. The molecule has 2 N–H and O–H groups in total. The van der Waals surface area contributed by atoms with Crippen molar-refractivity contribution in [2.75, 3.05) is 11.2 Å². The number of carbonyl (C=O) groups is 1. The van der Waals surface area contributed by atoms with Crippen LogP contribution in [0.1, 0.15) is 19.4 Å². The predicted octanol–water partition coefficient (Wildman–Crippen LogP) is 1.92. The minimum Gasteiger partial charge on any atom is -0.310 e. The summed E-state index contributed by atoms with van der Waals surface area (Å²) in [5, 5.41) is 9.26. The molecule has 0 saturated carbocycles. The van der Waals surface area contributed by atoms with Crippen LogP contribution in [-0.2, 0) is 4.79 Å². The van der Waals surface area contributed by atoms with E-state index in [4.69, 9.17) is 11.6 Å². The van der Waals surface area contributed by atoms with Gasteiger partial charge in [0.25, 0.3) is 0 Å². The van der Waals surface area contributed by atoms with Crippen molar-refractivity contribution < 1.29 is 4.79 Å². The van der Waals surface area contributed by atoms with Crippen molar-refractivity contribution in [2.45, 2.75) is 20.8 Å². The molecule has 0 aliphatic rings. The van der Waals surface area contributed by atoms with Gasteiger partial charge in [0.2, 0.25) is 5.91 Å². The van der Waals surface area contributed by atoms with Gasteiger partial charge in [0.05, 0.1) is 11.6 Å². The molecule has 0 radical (unpaired) electrons. The van der Waals surface area contributed by atoms with Crippen LogP contribution in [0.25, 0.3) is 0 Å². The molecule has 0 aromatic carbocycles. The van der Waals surface area contributed by atoms with Crippen LogP contribution in [-0.4, -0.2) is 22.0 Å². The van der Waals surface area contributed by atoms with Crippen LogP contribution in [0.5, 0.6) is 0 Å². The Morgan fingerprint density at radius 1 is 1.71 bits per heavy atom. The van der Waals surface area contributed by atoms with Gasteiger partial charge >= 0.3 is 0 Å². The highest BCUT2D eigenvalue weighted by Gasteiger charge is 2.27. The number of H-pyrrole nitrogens is 1. The summed E-state index contributed by atoms with van der Waals surface area (Å²) < 4.78 is 0. The number of alkyl halides is 1. The standard InChI is InChI=1S/C9H14ClN3O/c1-6-4-11-13-7(6)12-8(14)9(2,3)5-10/h4H,5H2,1-3H3,(H2,11,12,13,14). The molecule has 0 bridgehead atoms. The monoisotopic (exact) mass is 215 g/mol. The number of anilines is 1. The fraction of sp³-hybridized carbons (Fsp3) is 0.556. The van der Waals surface area contributed by atoms with E-state index in [2.05, 4.69) is 15.5 Å². The molecule has 0 atom stereocenters. The number of nitrogens with one attached hydrogen (secondary N) is 2. The van der Waals surface area contributed by atoms with E-state index < -0.39 is 5.41 Å². The number of amides is 1. The number of aryl methyl sites for hydroxylation is 1. The van der Waals surface area contributed by atoms with Crippen molar-refractivity contribution in [1.29, 1.82) is 0 Å². The van der Waals surface area contributed by atoms with Crippen LogP contribution in [0.4, 0.5) is 5.82 Å². The Morgan fingerprint density at radius 2 is 2.36 bits per heavy atom. The molecule has 14 heavy (non-hydrogen) atoms. The maximum absolute atomic E-state index is 11.7. The molecule has 1 heterocycles. The van der Waals surface area contributed by atoms with Crippen molar-refractivity contribution in [3.8, 4) is 0 Å². The smallest absolute Gasteiger partial charge is 0.232 e. The first kappa shape index (κ1) is 11.0. The van der Waals surface area contributed by atoms with Crippen LogP contribution in [0, 0.1) is 12.3 Å². The second-order valence-electron chi connectivity index (χ2n) is 3.90. The zero-order valence-corrected chi connectivity index (χ0v) is 9.27. The molecule has 78 valence electrons. The molecule has 1 rings (SSSR count). The summed E-state index contributed by atoms with van der Waals surface area (Å²) in [4.78, 5) is 11.7. The molecule has 0 fully saturated rings. The molecule has 0 spiro atoms. The van der Waals surface area contributed by atoms with Crippen LogP contribution < -0.4 is 5.32 Å². The maximum Gasteiger partial charge on any atom is 0.232 e. The van der Waals surface area contributed by atoms with Gasteiger partial charge in [-0.3, -0.25) is 9.89 Å². The molecule has 1 amide bonds. The van der Waals surface area contributed by atoms with Crippen LogP contribution >= 0.6 is 11.6 Å². The number of halogens is 1. The Kier molecular flexibility index (Phi) is 3.16. The fourth-order valence-electron chi connectivity index (χ4n) is 0.816. The Labute approximate surface area is 88.0 Å². The Balaban J connectivity index is 2.71.